The van der Waals surface area contributed by atoms with Crippen molar-refractivity contribution in [3.63, 3.8) is 0 Å². The number of aliphatic hydroxyl groups excluding tert-OH is 1. The lowest BCUT2D eigenvalue weighted by Gasteiger charge is -2.29. The second-order valence-corrected chi connectivity index (χ2v) is 7.94. The van der Waals surface area contributed by atoms with Crippen molar-refractivity contribution in [3.05, 3.63) is 0 Å². The normalized spacial score (nSPS) is 27.9. The molecule has 1 aliphatic rings. The number of aliphatic hydroxyl groups is 1. The van der Waals surface area contributed by atoms with Crippen molar-refractivity contribution in [3.8, 4) is 0 Å². The highest BCUT2D eigenvalue weighted by Gasteiger charge is 2.24. The van der Waals surface area contributed by atoms with Crippen LogP contribution in [0.15, 0.2) is 0 Å². The summed E-state index contributed by atoms with van der Waals surface area (Å²) in [5, 5.41) is 10.0. The highest BCUT2D eigenvalue weighted by molar-refractivity contribution is 7.91. The van der Waals surface area contributed by atoms with Gasteiger partial charge in [0, 0.05) is 5.75 Å². The molecule has 0 aromatic heterocycles. The smallest absolute Gasteiger partial charge is 0.150 e. The monoisotopic (exact) mass is 262 g/mol. The first-order valence-corrected chi connectivity index (χ1v) is 8.65. The molecular formula is C13H26O3S. The van der Waals surface area contributed by atoms with Gasteiger partial charge in [-0.25, -0.2) is 8.42 Å². The summed E-state index contributed by atoms with van der Waals surface area (Å²) in [6, 6.07) is 0. The molecule has 0 saturated heterocycles. The fourth-order valence-electron chi connectivity index (χ4n) is 2.56. The van der Waals surface area contributed by atoms with Crippen LogP contribution in [0.25, 0.3) is 0 Å². The molecule has 0 aromatic carbocycles. The summed E-state index contributed by atoms with van der Waals surface area (Å²) < 4.78 is 22.6. The molecule has 1 N–H and O–H groups in total. The summed E-state index contributed by atoms with van der Waals surface area (Å²) in [6.45, 7) is 3.94. The first kappa shape index (κ1) is 15.0. The predicted molar refractivity (Wildman–Crippen MR) is 70.7 cm³/mol. The van der Waals surface area contributed by atoms with Crippen molar-refractivity contribution in [1.82, 2.24) is 0 Å². The lowest BCUT2D eigenvalue weighted by molar-refractivity contribution is 0.0684. The first-order chi connectivity index (χ1) is 7.94. The van der Waals surface area contributed by atoms with E-state index in [9.17, 15) is 13.5 Å². The van der Waals surface area contributed by atoms with Crippen LogP contribution in [-0.4, -0.2) is 31.1 Å². The molecule has 17 heavy (non-hydrogen) atoms. The maximum absolute atomic E-state index is 11.3. The molecule has 0 bridgehead atoms. The van der Waals surface area contributed by atoms with Gasteiger partial charge in [0.25, 0.3) is 0 Å². The van der Waals surface area contributed by atoms with E-state index in [2.05, 4.69) is 6.92 Å². The Morgan fingerprint density at radius 3 is 2.35 bits per heavy atom. The van der Waals surface area contributed by atoms with Crippen LogP contribution in [0, 0.1) is 11.8 Å². The summed E-state index contributed by atoms with van der Waals surface area (Å²) in [5.74, 6) is 1.63. The third-order valence-electron chi connectivity index (χ3n) is 4.00. The van der Waals surface area contributed by atoms with Crippen molar-refractivity contribution in [2.45, 2.75) is 58.5 Å². The fraction of sp³-hybridized carbons (Fsp3) is 1.00. The largest absolute Gasteiger partial charge is 0.393 e. The average molecular weight is 262 g/mol. The molecule has 1 unspecified atom stereocenters. The van der Waals surface area contributed by atoms with Crippen molar-refractivity contribution in [2.75, 3.05) is 11.5 Å². The minimum absolute atomic E-state index is 0.212. The van der Waals surface area contributed by atoms with Crippen molar-refractivity contribution in [2.24, 2.45) is 11.8 Å². The summed E-state index contributed by atoms with van der Waals surface area (Å²) >= 11 is 0. The van der Waals surface area contributed by atoms with Gasteiger partial charge in [0.2, 0.25) is 0 Å². The lowest BCUT2D eigenvalue weighted by atomic mass is 9.79. The molecule has 1 rings (SSSR count). The zero-order chi connectivity index (χ0) is 12.9. The Morgan fingerprint density at radius 2 is 1.82 bits per heavy atom. The van der Waals surface area contributed by atoms with Crippen molar-refractivity contribution < 1.29 is 13.5 Å². The summed E-state index contributed by atoms with van der Waals surface area (Å²) in [6.07, 6.45) is 5.55. The molecule has 1 fully saturated rings. The van der Waals surface area contributed by atoms with Crippen molar-refractivity contribution >= 4 is 9.84 Å². The number of hydrogen-bond donors (Lipinski definition) is 1. The van der Waals surface area contributed by atoms with Gasteiger partial charge in [0.1, 0.15) is 9.84 Å². The molecule has 1 saturated carbocycles. The van der Waals surface area contributed by atoms with E-state index in [1.54, 1.807) is 6.92 Å². The van der Waals surface area contributed by atoms with Gasteiger partial charge in [-0.2, -0.15) is 0 Å². The molecule has 1 aliphatic carbocycles. The summed E-state index contributed by atoms with van der Waals surface area (Å²) in [7, 11) is -2.87. The van der Waals surface area contributed by atoms with Gasteiger partial charge in [0.05, 0.1) is 11.9 Å². The van der Waals surface area contributed by atoms with E-state index in [-0.39, 0.29) is 17.6 Å². The summed E-state index contributed by atoms with van der Waals surface area (Å²) in [4.78, 5) is 0. The average Bonchev–Trinajstić information content (AvgIpc) is 2.29. The molecule has 0 spiro atoms. The van der Waals surface area contributed by atoms with Crippen LogP contribution in [0.4, 0.5) is 0 Å². The molecular weight excluding hydrogens is 236 g/mol. The van der Waals surface area contributed by atoms with Gasteiger partial charge in [-0.1, -0.05) is 26.7 Å². The molecule has 102 valence electrons. The zero-order valence-electron chi connectivity index (χ0n) is 11.1. The Bertz CT molecular complexity index is 303. The topological polar surface area (TPSA) is 54.4 Å². The van der Waals surface area contributed by atoms with Crippen LogP contribution >= 0.6 is 0 Å². The highest BCUT2D eigenvalue weighted by Crippen LogP contribution is 2.31. The quantitative estimate of drug-likeness (QED) is 0.799. The minimum Gasteiger partial charge on any atom is -0.393 e. The van der Waals surface area contributed by atoms with Crippen LogP contribution in [0.5, 0.6) is 0 Å². The zero-order valence-corrected chi connectivity index (χ0v) is 11.9. The van der Waals surface area contributed by atoms with Gasteiger partial charge in [-0.05, 0) is 37.5 Å². The van der Waals surface area contributed by atoms with Crippen LogP contribution in [0.3, 0.4) is 0 Å². The maximum atomic E-state index is 11.3. The molecule has 0 radical (unpaired) electrons. The van der Waals surface area contributed by atoms with E-state index in [0.717, 1.165) is 18.8 Å². The Labute approximate surface area is 106 Å². The molecule has 1 atom stereocenters. The third-order valence-corrected chi connectivity index (χ3v) is 5.79. The van der Waals surface area contributed by atoms with Crippen LogP contribution in [0.1, 0.15) is 52.4 Å². The van der Waals surface area contributed by atoms with Crippen LogP contribution in [-0.2, 0) is 9.84 Å². The van der Waals surface area contributed by atoms with Gasteiger partial charge >= 0.3 is 0 Å². The number of sulfone groups is 1. The molecule has 0 aliphatic heterocycles. The molecule has 3 nitrogen and oxygen atoms in total. The second kappa shape index (κ2) is 6.74. The number of rotatable bonds is 6. The Morgan fingerprint density at radius 1 is 1.24 bits per heavy atom. The van der Waals surface area contributed by atoms with Crippen LogP contribution in [0.2, 0.25) is 0 Å². The van der Waals surface area contributed by atoms with Gasteiger partial charge in [-0.3, -0.25) is 0 Å². The Kier molecular flexibility index (Phi) is 5.93. The van der Waals surface area contributed by atoms with Gasteiger partial charge in [-0.15, -0.1) is 0 Å². The van der Waals surface area contributed by atoms with E-state index in [4.69, 9.17) is 0 Å². The van der Waals surface area contributed by atoms with Crippen LogP contribution < -0.4 is 0 Å². The minimum atomic E-state index is -2.87. The van der Waals surface area contributed by atoms with E-state index in [0.29, 0.717) is 18.8 Å². The van der Waals surface area contributed by atoms with Gasteiger partial charge in [0.15, 0.2) is 0 Å². The molecule has 0 aromatic rings. The van der Waals surface area contributed by atoms with E-state index < -0.39 is 9.84 Å². The van der Waals surface area contributed by atoms with E-state index in [1.165, 1.54) is 12.8 Å². The fourth-order valence-corrected chi connectivity index (χ4v) is 3.46. The molecule has 4 heteroatoms. The number of hydrogen-bond acceptors (Lipinski definition) is 3. The van der Waals surface area contributed by atoms with E-state index >= 15 is 0 Å². The van der Waals surface area contributed by atoms with E-state index in [1.807, 2.05) is 0 Å². The maximum Gasteiger partial charge on any atom is 0.150 e. The SMILES string of the molecule is CCS(=O)(=O)CCCC(O)C1CCC(C)CC1. The molecule has 0 amide bonds. The Hall–Kier alpha value is -0.0900. The third kappa shape index (κ3) is 5.38. The first-order valence-electron chi connectivity index (χ1n) is 6.83. The Balaban J connectivity index is 2.23. The lowest BCUT2D eigenvalue weighted by Crippen LogP contribution is -2.25. The molecule has 0 heterocycles. The van der Waals surface area contributed by atoms with Crippen molar-refractivity contribution in [1.29, 1.82) is 0 Å². The predicted octanol–water partition coefficient (Wildman–Crippen LogP) is 2.39. The second-order valence-electron chi connectivity index (χ2n) is 5.47. The van der Waals surface area contributed by atoms with Gasteiger partial charge < -0.3 is 5.11 Å². The summed E-state index contributed by atoms with van der Waals surface area (Å²) in [5.41, 5.74) is 0. The highest BCUT2D eigenvalue weighted by atomic mass is 32.2. The standard InChI is InChI=1S/C13H26O3S/c1-3-17(15,16)10-4-5-13(14)12-8-6-11(2)7-9-12/h11-14H,3-10H2,1-2H3.